The van der Waals surface area contributed by atoms with Crippen LogP contribution in [0.1, 0.15) is 18.0 Å². The first-order chi connectivity index (χ1) is 12.7. The van der Waals surface area contributed by atoms with Gasteiger partial charge >= 0.3 is 6.03 Å². The van der Waals surface area contributed by atoms with Crippen LogP contribution in [0.15, 0.2) is 46.9 Å². The van der Waals surface area contributed by atoms with Crippen molar-refractivity contribution in [2.24, 2.45) is 0 Å². The Morgan fingerprint density at radius 1 is 1.27 bits per heavy atom. The lowest BCUT2D eigenvalue weighted by Crippen LogP contribution is -2.41. The van der Waals surface area contributed by atoms with E-state index in [-0.39, 0.29) is 12.1 Å². The average Bonchev–Trinajstić information content (AvgIpc) is 2.66. The predicted molar refractivity (Wildman–Crippen MR) is 102 cm³/mol. The van der Waals surface area contributed by atoms with Crippen molar-refractivity contribution in [1.82, 2.24) is 10.6 Å². The molecule has 0 fully saturated rings. The number of rotatable bonds is 6. The van der Waals surface area contributed by atoms with Crippen molar-refractivity contribution >= 4 is 22.0 Å². The summed E-state index contributed by atoms with van der Waals surface area (Å²) >= 11 is 3.46. The minimum absolute atomic E-state index is 0.0774. The summed E-state index contributed by atoms with van der Waals surface area (Å²) in [4.78, 5) is 12.2. The number of para-hydroxylation sites is 2. The molecule has 1 unspecified atom stereocenters. The Kier molecular flexibility index (Phi) is 6.22. The van der Waals surface area contributed by atoms with Crippen LogP contribution >= 0.6 is 15.9 Å². The smallest absolute Gasteiger partial charge is 0.315 e. The van der Waals surface area contributed by atoms with Gasteiger partial charge in [-0.2, -0.15) is 0 Å². The van der Waals surface area contributed by atoms with E-state index in [2.05, 4.69) is 26.6 Å². The van der Waals surface area contributed by atoms with Crippen molar-refractivity contribution in [1.29, 1.82) is 0 Å². The summed E-state index contributed by atoms with van der Waals surface area (Å²) in [6.45, 7) is 1.32. The molecule has 6 nitrogen and oxygen atoms in total. The Morgan fingerprint density at radius 3 is 2.88 bits per heavy atom. The summed E-state index contributed by atoms with van der Waals surface area (Å²) < 4.78 is 17.5. The molecule has 0 saturated carbocycles. The topological polar surface area (TPSA) is 68.8 Å². The second-order valence-electron chi connectivity index (χ2n) is 5.77. The van der Waals surface area contributed by atoms with E-state index in [1.807, 2.05) is 42.5 Å². The van der Waals surface area contributed by atoms with Gasteiger partial charge in [0.25, 0.3) is 0 Å². The molecule has 0 radical (unpaired) electrons. The summed E-state index contributed by atoms with van der Waals surface area (Å²) in [5.74, 6) is 2.13. The molecule has 2 aromatic rings. The van der Waals surface area contributed by atoms with Crippen molar-refractivity contribution in [3.63, 3.8) is 0 Å². The number of fused-ring (bicyclic) bond motifs is 1. The van der Waals surface area contributed by atoms with E-state index >= 15 is 0 Å². The monoisotopic (exact) mass is 420 g/mol. The van der Waals surface area contributed by atoms with Gasteiger partial charge in [0.1, 0.15) is 12.4 Å². The average molecular weight is 421 g/mol. The number of benzene rings is 2. The largest absolute Gasteiger partial charge is 0.493 e. The highest BCUT2D eigenvalue weighted by molar-refractivity contribution is 9.10. The predicted octanol–water partition coefficient (Wildman–Crippen LogP) is 3.66. The number of amides is 2. The zero-order valence-electron chi connectivity index (χ0n) is 14.5. The Labute approximate surface area is 161 Å². The van der Waals surface area contributed by atoms with Gasteiger partial charge in [0.2, 0.25) is 0 Å². The van der Waals surface area contributed by atoms with E-state index in [9.17, 15) is 4.79 Å². The summed E-state index contributed by atoms with van der Waals surface area (Å²) in [6, 6.07) is 12.9. The van der Waals surface area contributed by atoms with Crippen LogP contribution < -0.4 is 24.8 Å². The number of urea groups is 1. The molecule has 0 spiro atoms. The Balaban J connectivity index is 1.47. The standard InChI is InChI=1S/C19H21BrN2O4/c1-24-17-4-2-3-5-18(17)26-11-9-21-19(23)22-15-8-10-25-16-7-6-13(20)12-14(15)16/h2-7,12,15H,8-11H2,1H3,(H2,21,22,23). The molecule has 0 aliphatic carbocycles. The lowest BCUT2D eigenvalue weighted by Gasteiger charge is -2.27. The minimum atomic E-state index is -0.230. The van der Waals surface area contributed by atoms with Crippen molar-refractivity contribution in [2.75, 3.05) is 26.9 Å². The van der Waals surface area contributed by atoms with Gasteiger partial charge in [-0.25, -0.2) is 4.79 Å². The molecule has 1 heterocycles. The van der Waals surface area contributed by atoms with Crippen LogP contribution in [0.4, 0.5) is 4.79 Å². The first kappa shape index (κ1) is 18.4. The fourth-order valence-corrected chi connectivity index (χ4v) is 3.17. The normalized spacial score (nSPS) is 15.4. The number of hydrogen-bond donors (Lipinski definition) is 2. The first-order valence-corrected chi connectivity index (χ1v) is 9.19. The van der Waals surface area contributed by atoms with E-state index < -0.39 is 0 Å². The maximum Gasteiger partial charge on any atom is 0.315 e. The van der Waals surface area contributed by atoms with Crippen LogP contribution in [0, 0.1) is 0 Å². The van der Waals surface area contributed by atoms with Crippen LogP contribution in [0.5, 0.6) is 17.2 Å². The molecule has 2 N–H and O–H groups in total. The maximum absolute atomic E-state index is 12.2. The zero-order chi connectivity index (χ0) is 18.4. The molecule has 0 bridgehead atoms. The molecule has 0 saturated heterocycles. The molecule has 3 rings (SSSR count). The van der Waals surface area contributed by atoms with Gasteiger partial charge in [0.15, 0.2) is 11.5 Å². The molecular weight excluding hydrogens is 400 g/mol. The SMILES string of the molecule is COc1ccccc1OCCNC(=O)NC1CCOc2ccc(Br)cc21. The van der Waals surface area contributed by atoms with Gasteiger partial charge in [0.05, 0.1) is 26.3 Å². The van der Waals surface area contributed by atoms with E-state index in [0.29, 0.717) is 31.3 Å². The molecule has 1 aliphatic heterocycles. The second-order valence-corrected chi connectivity index (χ2v) is 6.69. The molecule has 1 aliphatic rings. The Morgan fingerprint density at radius 2 is 2.08 bits per heavy atom. The highest BCUT2D eigenvalue weighted by Crippen LogP contribution is 2.34. The van der Waals surface area contributed by atoms with Crippen LogP contribution in [0.3, 0.4) is 0 Å². The quantitative estimate of drug-likeness (QED) is 0.699. The Bertz CT molecular complexity index is 769. The van der Waals surface area contributed by atoms with Crippen molar-refractivity contribution in [2.45, 2.75) is 12.5 Å². The van der Waals surface area contributed by atoms with Gasteiger partial charge in [-0.1, -0.05) is 28.1 Å². The maximum atomic E-state index is 12.2. The number of carbonyl (C=O) groups excluding carboxylic acids is 1. The minimum Gasteiger partial charge on any atom is -0.493 e. The molecule has 26 heavy (non-hydrogen) atoms. The molecule has 0 aromatic heterocycles. The lowest BCUT2D eigenvalue weighted by molar-refractivity contribution is 0.220. The van der Waals surface area contributed by atoms with Gasteiger partial charge in [-0.05, 0) is 30.3 Å². The highest BCUT2D eigenvalue weighted by atomic mass is 79.9. The van der Waals surface area contributed by atoms with Crippen molar-refractivity contribution in [3.8, 4) is 17.2 Å². The van der Waals surface area contributed by atoms with Crippen molar-refractivity contribution in [3.05, 3.63) is 52.5 Å². The van der Waals surface area contributed by atoms with E-state index in [1.54, 1.807) is 7.11 Å². The summed E-state index contributed by atoms with van der Waals surface area (Å²) in [5.41, 5.74) is 0.978. The van der Waals surface area contributed by atoms with Crippen LogP contribution in [0.25, 0.3) is 0 Å². The molecule has 138 valence electrons. The van der Waals surface area contributed by atoms with E-state index in [4.69, 9.17) is 14.2 Å². The third-order valence-corrected chi connectivity index (χ3v) is 4.52. The molecule has 2 aromatic carbocycles. The highest BCUT2D eigenvalue weighted by Gasteiger charge is 2.23. The number of methoxy groups -OCH3 is 1. The summed E-state index contributed by atoms with van der Waals surface area (Å²) in [5, 5.41) is 5.81. The van der Waals surface area contributed by atoms with Gasteiger partial charge in [0, 0.05) is 16.5 Å². The number of carbonyl (C=O) groups is 1. The fraction of sp³-hybridized carbons (Fsp3) is 0.316. The number of hydrogen-bond acceptors (Lipinski definition) is 4. The molecule has 7 heteroatoms. The third kappa shape index (κ3) is 4.60. The number of ether oxygens (including phenoxy) is 3. The van der Waals surface area contributed by atoms with E-state index in [0.717, 1.165) is 22.2 Å². The van der Waals surface area contributed by atoms with Gasteiger partial charge in [-0.3, -0.25) is 0 Å². The molecular formula is C19H21BrN2O4. The van der Waals surface area contributed by atoms with Crippen LogP contribution in [-0.2, 0) is 0 Å². The van der Waals surface area contributed by atoms with Crippen molar-refractivity contribution < 1.29 is 19.0 Å². The molecule has 2 amide bonds. The van der Waals surface area contributed by atoms with E-state index in [1.165, 1.54) is 0 Å². The zero-order valence-corrected chi connectivity index (χ0v) is 16.0. The third-order valence-electron chi connectivity index (χ3n) is 4.03. The Hall–Kier alpha value is -2.41. The van der Waals surface area contributed by atoms with Gasteiger partial charge in [-0.15, -0.1) is 0 Å². The summed E-state index contributed by atoms with van der Waals surface area (Å²) in [6.07, 6.45) is 0.731. The lowest BCUT2D eigenvalue weighted by atomic mass is 10.0. The fourth-order valence-electron chi connectivity index (χ4n) is 2.79. The second kappa shape index (κ2) is 8.80. The summed E-state index contributed by atoms with van der Waals surface area (Å²) in [7, 11) is 1.60. The number of halogens is 1. The van der Waals surface area contributed by atoms with Crippen LogP contribution in [0.2, 0.25) is 0 Å². The first-order valence-electron chi connectivity index (χ1n) is 8.40. The van der Waals surface area contributed by atoms with Crippen LogP contribution in [-0.4, -0.2) is 32.9 Å². The molecule has 1 atom stereocenters. The number of nitrogens with one attached hydrogen (secondary N) is 2. The van der Waals surface area contributed by atoms with Gasteiger partial charge < -0.3 is 24.8 Å².